The van der Waals surface area contributed by atoms with Gasteiger partial charge in [0.2, 0.25) is 5.91 Å². The van der Waals surface area contributed by atoms with E-state index in [1.807, 2.05) is 13.8 Å². The van der Waals surface area contributed by atoms with Gasteiger partial charge in [-0.15, -0.1) is 5.10 Å². The SMILES string of the molecule is CC(=O)Nc1nnc(-c2cc(C)oc2C)o1. The molecule has 2 rings (SSSR count). The zero-order chi connectivity index (χ0) is 11.7. The predicted molar refractivity (Wildman–Crippen MR) is 55.8 cm³/mol. The molecule has 0 spiro atoms. The molecule has 0 fully saturated rings. The molecule has 0 saturated heterocycles. The summed E-state index contributed by atoms with van der Waals surface area (Å²) in [6, 6.07) is 1.89. The Labute approximate surface area is 91.7 Å². The lowest BCUT2D eigenvalue weighted by Crippen LogP contribution is -2.05. The molecule has 0 aliphatic carbocycles. The molecular weight excluding hydrogens is 210 g/mol. The van der Waals surface area contributed by atoms with Crippen molar-refractivity contribution in [1.29, 1.82) is 0 Å². The van der Waals surface area contributed by atoms with E-state index >= 15 is 0 Å². The summed E-state index contributed by atoms with van der Waals surface area (Å²) < 4.78 is 10.6. The minimum Gasteiger partial charge on any atom is -0.466 e. The van der Waals surface area contributed by atoms with Crippen molar-refractivity contribution < 1.29 is 13.6 Å². The van der Waals surface area contributed by atoms with Crippen molar-refractivity contribution in [1.82, 2.24) is 10.2 Å². The van der Waals surface area contributed by atoms with Gasteiger partial charge in [0.25, 0.3) is 5.89 Å². The molecule has 84 valence electrons. The number of furan rings is 1. The third-order valence-corrected chi connectivity index (χ3v) is 1.98. The van der Waals surface area contributed by atoms with E-state index in [0.29, 0.717) is 11.7 Å². The maximum atomic E-state index is 10.8. The number of rotatable bonds is 2. The summed E-state index contributed by atoms with van der Waals surface area (Å²) in [5.41, 5.74) is 0.738. The van der Waals surface area contributed by atoms with Crippen molar-refractivity contribution in [2.24, 2.45) is 0 Å². The zero-order valence-corrected chi connectivity index (χ0v) is 9.20. The normalized spacial score (nSPS) is 10.4. The molecule has 0 bridgehead atoms. The van der Waals surface area contributed by atoms with Gasteiger partial charge in [-0.05, 0) is 19.9 Å². The highest BCUT2D eigenvalue weighted by molar-refractivity contribution is 5.86. The van der Waals surface area contributed by atoms with Crippen LogP contribution in [0.5, 0.6) is 0 Å². The van der Waals surface area contributed by atoms with Crippen LogP contribution in [0.1, 0.15) is 18.4 Å². The summed E-state index contributed by atoms with van der Waals surface area (Å²) >= 11 is 0. The summed E-state index contributed by atoms with van der Waals surface area (Å²) in [5, 5.41) is 9.93. The molecule has 6 nitrogen and oxygen atoms in total. The molecule has 0 unspecified atom stereocenters. The van der Waals surface area contributed by atoms with E-state index in [2.05, 4.69) is 15.5 Å². The number of aryl methyl sites for hydroxylation is 2. The number of nitrogens with zero attached hydrogens (tertiary/aromatic N) is 2. The number of nitrogens with one attached hydrogen (secondary N) is 1. The number of hydrogen-bond donors (Lipinski definition) is 1. The molecule has 0 aromatic carbocycles. The first-order valence-corrected chi connectivity index (χ1v) is 4.75. The van der Waals surface area contributed by atoms with Crippen LogP contribution in [0.4, 0.5) is 6.01 Å². The summed E-state index contributed by atoms with van der Waals surface area (Å²) in [5.74, 6) is 1.55. The third kappa shape index (κ3) is 1.95. The average molecular weight is 221 g/mol. The van der Waals surface area contributed by atoms with Gasteiger partial charge in [0.1, 0.15) is 11.5 Å². The Morgan fingerprint density at radius 3 is 2.62 bits per heavy atom. The van der Waals surface area contributed by atoms with Gasteiger partial charge in [-0.25, -0.2) is 0 Å². The Morgan fingerprint density at radius 1 is 1.31 bits per heavy atom. The Hall–Kier alpha value is -2.11. The van der Waals surface area contributed by atoms with Gasteiger partial charge in [0.15, 0.2) is 0 Å². The van der Waals surface area contributed by atoms with Crippen molar-refractivity contribution in [3.05, 3.63) is 17.6 Å². The minimum atomic E-state index is -0.254. The molecule has 0 radical (unpaired) electrons. The second kappa shape index (κ2) is 3.80. The van der Waals surface area contributed by atoms with Gasteiger partial charge in [0, 0.05) is 6.92 Å². The molecule has 1 N–H and O–H groups in total. The number of aromatic nitrogens is 2. The van der Waals surface area contributed by atoms with Crippen molar-refractivity contribution in [2.45, 2.75) is 20.8 Å². The topological polar surface area (TPSA) is 81.2 Å². The van der Waals surface area contributed by atoms with Crippen LogP contribution in [-0.4, -0.2) is 16.1 Å². The smallest absolute Gasteiger partial charge is 0.322 e. The predicted octanol–water partition coefficient (Wildman–Crippen LogP) is 1.90. The maximum absolute atomic E-state index is 10.8. The minimum absolute atomic E-state index is 0.0840. The van der Waals surface area contributed by atoms with Crippen LogP contribution in [0, 0.1) is 13.8 Å². The Morgan fingerprint density at radius 2 is 2.06 bits per heavy atom. The van der Waals surface area contributed by atoms with Gasteiger partial charge in [0.05, 0.1) is 5.56 Å². The Bertz CT molecular complexity index is 527. The molecule has 1 amide bonds. The number of hydrogen-bond acceptors (Lipinski definition) is 5. The highest BCUT2D eigenvalue weighted by Crippen LogP contribution is 2.26. The molecule has 2 aromatic heterocycles. The molecule has 0 aliphatic rings. The monoisotopic (exact) mass is 221 g/mol. The van der Waals surface area contributed by atoms with Crippen LogP contribution in [0.15, 0.2) is 14.9 Å². The van der Waals surface area contributed by atoms with E-state index in [4.69, 9.17) is 8.83 Å². The van der Waals surface area contributed by atoms with E-state index in [1.165, 1.54) is 6.92 Å². The number of amides is 1. The quantitative estimate of drug-likeness (QED) is 0.837. The fraction of sp³-hybridized carbons (Fsp3) is 0.300. The lowest BCUT2D eigenvalue weighted by atomic mass is 10.2. The molecule has 16 heavy (non-hydrogen) atoms. The first-order chi connectivity index (χ1) is 7.56. The van der Waals surface area contributed by atoms with E-state index in [0.717, 1.165) is 11.3 Å². The lowest BCUT2D eigenvalue weighted by Gasteiger charge is -1.91. The van der Waals surface area contributed by atoms with Gasteiger partial charge < -0.3 is 8.83 Å². The first-order valence-electron chi connectivity index (χ1n) is 4.75. The van der Waals surface area contributed by atoms with Crippen LogP contribution in [0.3, 0.4) is 0 Å². The second-order valence-corrected chi connectivity index (χ2v) is 3.42. The van der Waals surface area contributed by atoms with E-state index in [1.54, 1.807) is 6.07 Å². The lowest BCUT2D eigenvalue weighted by molar-refractivity contribution is -0.114. The first kappa shape index (κ1) is 10.4. The molecule has 0 aliphatic heterocycles. The summed E-state index contributed by atoms with van der Waals surface area (Å²) in [6.45, 7) is 5.02. The van der Waals surface area contributed by atoms with Crippen LogP contribution >= 0.6 is 0 Å². The number of carbonyl (C=O) groups is 1. The van der Waals surface area contributed by atoms with Crippen LogP contribution in [-0.2, 0) is 4.79 Å². The van der Waals surface area contributed by atoms with Crippen LogP contribution < -0.4 is 5.32 Å². The third-order valence-electron chi connectivity index (χ3n) is 1.98. The summed E-state index contributed by atoms with van der Waals surface area (Å²) in [4.78, 5) is 10.8. The molecule has 0 atom stereocenters. The van der Waals surface area contributed by atoms with Gasteiger partial charge in [-0.3, -0.25) is 10.1 Å². The number of anilines is 1. The van der Waals surface area contributed by atoms with E-state index in [-0.39, 0.29) is 11.9 Å². The zero-order valence-electron chi connectivity index (χ0n) is 9.20. The van der Waals surface area contributed by atoms with Crippen molar-refractivity contribution in [2.75, 3.05) is 5.32 Å². The van der Waals surface area contributed by atoms with Crippen LogP contribution in [0.2, 0.25) is 0 Å². The maximum Gasteiger partial charge on any atom is 0.322 e. The molecule has 6 heteroatoms. The molecule has 2 aromatic rings. The van der Waals surface area contributed by atoms with Crippen molar-refractivity contribution in [3.8, 4) is 11.5 Å². The second-order valence-electron chi connectivity index (χ2n) is 3.42. The van der Waals surface area contributed by atoms with Crippen LogP contribution in [0.25, 0.3) is 11.5 Å². The van der Waals surface area contributed by atoms with Gasteiger partial charge in [-0.2, -0.15) is 0 Å². The fourth-order valence-electron chi connectivity index (χ4n) is 1.38. The largest absolute Gasteiger partial charge is 0.466 e. The highest BCUT2D eigenvalue weighted by Gasteiger charge is 2.14. The van der Waals surface area contributed by atoms with E-state index < -0.39 is 0 Å². The number of carbonyl (C=O) groups excluding carboxylic acids is 1. The average Bonchev–Trinajstić information content (AvgIpc) is 2.72. The Kier molecular flexibility index (Phi) is 2.47. The summed E-state index contributed by atoms with van der Waals surface area (Å²) in [7, 11) is 0. The van der Waals surface area contributed by atoms with Gasteiger partial charge in [-0.1, -0.05) is 5.10 Å². The highest BCUT2D eigenvalue weighted by atomic mass is 16.4. The molecule has 0 saturated carbocycles. The fourth-order valence-corrected chi connectivity index (χ4v) is 1.38. The standard InChI is InChI=1S/C10H11N3O3/c1-5-4-8(6(2)15-5)9-12-13-10(16-9)11-7(3)14/h4H,1-3H3,(H,11,13,14). The van der Waals surface area contributed by atoms with Crippen molar-refractivity contribution >= 4 is 11.9 Å². The van der Waals surface area contributed by atoms with E-state index in [9.17, 15) is 4.79 Å². The molecule has 2 heterocycles. The van der Waals surface area contributed by atoms with Gasteiger partial charge >= 0.3 is 6.01 Å². The Balaban J connectivity index is 2.31. The van der Waals surface area contributed by atoms with Crippen molar-refractivity contribution in [3.63, 3.8) is 0 Å². The molecular formula is C10H11N3O3. The summed E-state index contributed by atoms with van der Waals surface area (Å²) in [6.07, 6.45) is 0.